The molecule has 0 aromatic heterocycles. The van der Waals surface area contributed by atoms with Gasteiger partial charge in [-0.05, 0) is 94.5 Å². The minimum absolute atomic E-state index is 0.0515. The number of nitrogens with zero attached hydrogens (tertiary/aromatic N) is 1. The Bertz CT molecular complexity index is 978. The first kappa shape index (κ1) is 35.4. The molecule has 0 amide bonds. The lowest BCUT2D eigenvalue weighted by Gasteiger charge is -2.09. The van der Waals surface area contributed by atoms with Gasteiger partial charge in [-0.25, -0.2) is 0 Å². The Morgan fingerprint density at radius 2 is 1.76 bits per heavy atom. The largest absolute Gasteiger partial charge is 0.435 e. The Labute approximate surface area is 222 Å². The number of alkyl halides is 2. The smallest absolute Gasteiger partial charge is 0.387 e. The van der Waals surface area contributed by atoms with Crippen molar-refractivity contribution in [1.82, 2.24) is 5.32 Å². The lowest BCUT2D eigenvalue weighted by Crippen LogP contribution is -2.02. The molecule has 0 aliphatic heterocycles. The molecule has 0 radical (unpaired) electrons. The van der Waals surface area contributed by atoms with Crippen LogP contribution in [-0.2, 0) is 0 Å². The van der Waals surface area contributed by atoms with Crippen molar-refractivity contribution in [2.45, 2.75) is 67.0 Å². The van der Waals surface area contributed by atoms with E-state index in [1.165, 1.54) is 41.0 Å². The Morgan fingerprint density at radius 1 is 1.16 bits per heavy atom. The molecule has 1 aromatic rings. The lowest BCUT2D eigenvalue weighted by atomic mass is 10.00. The molecule has 0 aliphatic rings. The summed E-state index contributed by atoms with van der Waals surface area (Å²) in [4.78, 5) is 14.8. The Morgan fingerprint density at radius 3 is 2.16 bits per heavy atom. The third-order valence-corrected chi connectivity index (χ3v) is 5.13. The summed E-state index contributed by atoms with van der Waals surface area (Å²) in [6, 6.07) is 5.82. The first-order chi connectivity index (χ1) is 17.6. The summed E-state index contributed by atoms with van der Waals surface area (Å²) < 4.78 is 27.3. The minimum atomic E-state index is -2.83. The van der Waals surface area contributed by atoms with E-state index in [0.717, 1.165) is 24.1 Å². The van der Waals surface area contributed by atoms with Crippen LogP contribution in [0.25, 0.3) is 0 Å². The molecule has 0 heterocycles. The maximum absolute atomic E-state index is 11.6. The molecule has 4 nitrogen and oxygen atoms in total. The van der Waals surface area contributed by atoms with Crippen molar-refractivity contribution in [2.24, 2.45) is 4.99 Å². The van der Waals surface area contributed by atoms with E-state index in [2.05, 4.69) is 87.3 Å². The van der Waals surface area contributed by atoms with Crippen LogP contribution in [0.4, 0.5) is 8.78 Å². The van der Waals surface area contributed by atoms with E-state index in [4.69, 9.17) is 0 Å². The van der Waals surface area contributed by atoms with Gasteiger partial charge < -0.3 is 10.1 Å². The van der Waals surface area contributed by atoms with Crippen LogP contribution in [0.1, 0.15) is 64.7 Å². The zero-order chi connectivity index (χ0) is 28.8. The first-order valence-corrected chi connectivity index (χ1v) is 12.0. The molecule has 1 atom stereocenters. The summed E-state index contributed by atoms with van der Waals surface area (Å²) in [7, 11) is 1.94. The normalized spacial score (nSPS) is 12.5. The number of ether oxygens (including phenoxy) is 1. The van der Waals surface area contributed by atoms with Crippen molar-refractivity contribution < 1.29 is 18.3 Å². The number of carbonyl (C=O) groups is 1. The van der Waals surface area contributed by atoms with E-state index < -0.39 is 6.61 Å². The van der Waals surface area contributed by atoms with Crippen molar-refractivity contribution in [2.75, 3.05) is 7.05 Å². The first-order valence-electron chi connectivity index (χ1n) is 12.0. The third-order valence-electron chi connectivity index (χ3n) is 5.13. The molecule has 0 aliphatic carbocycles. The molecule has 1 rings (SSSR count). The summed E-state index contributed by atoms with van der Waals surface area (Å²) in [5.74, 6) is 0.0515. The molecule has 1 unspecified atom stereocenters. The van der Waals surface area contributed by atoms with Gasteiger partial charge in [0.05, 0.1) is 0 Å². The molecule has 37 heavy (non-hydrogen) atoms. The van der Waals surface area contributed by atoms with E-state index in [1.54, 1.807) is 0 Å². The number of halogens is 2. The number of rotatable bonds is 12. The van der Waals surface area contributed by atoms with Gasteiger partial charge in [0, 0.05) is 30.6 Å². The molecule has 1 N–H and O–H groups in total. The molecule has 0 saturated heterocycles. The number of hydrogen-bond acceptors (Lipinski definition) is 4. The van der Waals surface area contributed by atoms with E-state index in [9.17, 15) is 13.6 Å². The zero-order valence-corrected chi connectivity index (χ0v) is 23.2. The monoisotopic (exact) mass is 512 g/mol. The van der Waals surface area contributed by atoms with Gasteiger partial charge in [0.2, 0.25) is 0 Å². The number of hydrogen-bond donors (Lipinski definition) is 1. The maximum Gasteiger partial charge on any atom is 0.387 e. The van der Waals surface area contributed by atoms with Crippen molar-refractivity contribution in [3.8, 4) is 18.6 Å². The molecule has 0 fully saturated rings. The average Bonchev–Trinajstić information content (AvgIpc) is 2.90. The number of nitrogens with one attached hydrogen (secondary N) is 1. The number of aliphatic imine (C=N–C) groups is 1. The maximum atomic E-state index is 11.6. The second-order valence-corrected chi connectivity index (χ2v) is 8.02. The lowest BCUT2D eigenvalue weighted by molar-refractivity contribution is -0.0498. The molecule has 0 bridgehead atoms. The molecular weight excluding hydrogens is 470 g/mol. The minimum Gasteiger partial charge on any atom is -0.435 e. The van der Waals surface area contributed by atoms with Gasteiger partial charge in [-0.1, -0.05) is 37.3 Å². The van der Waals surface area contributed by atoms with Crippen LogP contribution in [0.2, 0.25) is 0 Å². The van der Waals surface area contributed by atoms with Crippen molar-refractivity contribution in [3.63, 3.8) is 0 Å². The predicted octanol–water partition coefficient (Wildman–Crippen LogP) is 8.11. The predicted molar refractivity (Wildman–Crippen MR) is 154 cm³/mol. The fourth-order valence-corrected chi connectivity index (χ4v) is 2.62. The summed E-state index contributed by atoms with van der Waals surface area (Å²) in [6.45, 7) is 13.8. The van der Waals surface area contributed by atoms with Gasteiger partial charge in [-0.2, -0.15) is 8.78 Å². The quantitative estimate of drug-likeness (QED) is 0.133. The summed E-state index contributed by atoms with van der Waals surface area (Å²) in [5.41, 5.74) is 6.47. The Balaban J connectivity index is 0. The molecule has 202 valence electrons. The highest BCUT2D eigenvalue weighted by Gasteiger charge is 2.03. The molecular formula is C31H42F2N2O2. The highest BCUT2D eigenvalue weighted by Crippen LogP contribution is 2.18. The average molecular weight is 513 g/mol. The highest BCUT2D eigenvalue weighted by atomic mass is 19.3. The summed E-state index contributed by atoms with van der Waals surface area (Å²) in [5, 5.41) is 3.18. The highest BCUT2D eigenvalue weighted by molar-refractivity contribution is 5.80. The van der Waals surface area contributed by atoms with Crippen LogP contribution in [0, 0.1) is 12.8 Å². The number of allylic oxidation sites excluding steroid dienone is 9. The van der Waals surface area contributed by atoms with Gasteiger partial charge in [0.15, 0.2) is 0 Å². The molecule has 6 heteroatoms. The SMILES string of the molecule is C#C.C=CC(=C/C)/C(=C\CC(C=NC(C)CC)=C(C)C)/C=C(\C)NC.O=Cc1ccc(OC(F)F)cc1. The van der Waals surface area contributed by atoms with Gasteiger partial charge in [-0.15, -0.1) is 12.8 Å². The second kappa shape index (κ2) is 21.6. The van der Waals surface area contributed by atoms with E-state index in [-0.39, 0.29) is 5.75 Å². The number of benzene rings is 1. The number of carbonyl (C=O) groups excluding carboxylic acids is 1. The van der Waals surface area contributed by atoms with Crippen LogP contribution >= 0.6 is 0 Å². The summed E-state index contributed by atoms with van der Waals surface area (Å²) in [6.07, 6.45) is 21.0. The van der Waals surface area contributed by atoms with Crippen molar-refractivity contribution >= 4 is 12.5 Å². The third kappa shape index (κ3) is 16.6. The van der Waals surface area contributed by atoms with Gasteiger partial charge in [0.25, 0.3) is 0 Å². The van der Waals surface area contributed by atoms with Crippen LogP contribution in [0.3, 0.4) is 0 Å². The van der Waals surface area contributed by atoms with Crippen LogP contribution in [-0.4, -0.2) is 32.2 Å². The second-order valence-electron chi connectivity index (χ2n) is 8.02. The standard InChI is InChI=1S/C21H34N2.C8H6F2O2.C2H2/c1-9-17(6)23-15-21(16(4)5)13-12-20(14-18(7)22-8)19(10-2)11-3;9-8(10)12-7-3-1-6(5-11)2-4-7;1-2/h10-12,14-15,17,22H,2,9,13H2,1,3-8H3;1-5,8H;1-2H/b18-14+,19-11-,20-12-,23-15?;;. The Kier molecular flexibility index (Phi) is 20.6. The number of terminal acetylenes is 1. The molecule has 0 spiro atoms. The fourth-order valence-electron chi connectivity index (χ4n) is 2.62. The fraction of sp³-hybridized carbons (Fsp3) is 0.355. The molecule has 0 saturated carbocycles. The number of aldehydes is 1. The molecule has 1 aromatic carbocycles. The summed E-state index contributed by atoms with van der Waals surface area (Å²) >= 11 is 0. The van der Waals surface area contributed by atoms with Gasteiger partial charge >= 0.3 is 6.61 Å². The van der Waals surface area contributed by atoms with Crippen LogP contribution < -0.4 is 10.1 Å². The van der Waals surface area contributed by atoms with Gasteiger partial charge in [-0.3, -0.25) is 9.79 Å². The van der Waals surface area contributed by atoms with Crippen molar-refractivity contribution in [3.05, 3.63) is 88.7 Å². The van der Waals surface area contributed by atoms with Crippen LogP contribution in [0.5, 0.6) is 5.75 Å². The zero-order valence-electron chi connectivity index (χ0n) is 23.2. The van der Waals surface area contributed by atoms with Crippen molar-refractivity contribution in [1.29, 1.82) is 0 Å². The Hall–Kier alpha value is -3.72. The van der Waals surface area contributed by atoms with E-state index >= 15 is 0 Å². The topological polar surface area (TPSA) is 50.7 Å². The van der Waals surface area contributed by atoms with E-state index in [0.29, 0.717) is 17.9 Å². The van der Waals surface area contributed by atoms with Gasteiger partial charge in [0.1, 0.15) is 12.0 Å². The van der Waals surface area contributed by atoms with Crippen LogP contribution in [0.15, 0.2) is 88.1 Å². The van der Waals surface area contributed by atoms with E-state index in [1.807, 2.05) is 26.3 Å².